The molecule has 0 radical (unpaired) electrons. The van der Waals surface area contributed by atoms with Crippen molar-refractivity contribution in [3.63, 3.8) is 0 Å². The first-order chi connectivity index (χ1) is 16.8. The summed E-state index contributed by atoms with van der Waals surface area (Å²) in [5.41, 5.74) is 2.40. The Bertz CT molecular complexity index is 1080. The van der Waals surface area contributed by atoms with Crippen molar-refractivity contribution in [3.8, 4) is 0 Å². The number of halogens is 1. The molecule has 0 saturated carbocycles. The lowest BCUT2D eigenvalue weighted by Crippen LogP contribution is -2.45. The lowest BCUT2D eigenvalue weighted by molar-refractivity contribution is -0.131. The van der Waals surface area contributed by atoms with Gasteiger partial charge in [0.1, 0.15) is 5.82 Å². The van der Waals surface area contributed by atoms with Gasteiger partial charge in [-0.2, -0.15) is 4.39 Å². The van der Waals surface area contributed by atoms with Gasteiger partial charge in [-0.05, 0) is 51.2 Å². The predicted octanol–water partition coefficient (Wildman–Crippen LogP) is 4.12. The minimum absolute atomic E-state index is 0.0787. The molecule has 5 rings (SSSR count). The third-order valence-corrected chi connectivity index (χ3v) is 9.09. The smallest absolute Gasteiger partial charge is 0.222 e. The SMILES string of the molecule is CCC(=O)N1CCc2c(nc(C)n2[C@H]2C[C@H]3CC[C@@H](C2)N3CC[C@H](NC(C)=O)c2ccc(F)s2)C1. The van der Waals surface area contributed by atoms with E-state index in [2.05, 4.69) is 21.7 Å². The van der Waals surface area contributed by atoms with Crippen molar-refractivity contribution in [1.82, 2.24) is 24.7 Å². The minimum Gasteiger partial charge on any atom is -0.349 e. The molecule has 190 valence electrons. The van der Waals surface area contributed by atoms with E-state index in [4.69, 9.17) is 4.98 Å². The monoisotopic (exact) mass is 501 g/mol. The normalized spacial score (nSPS) is 24.9. The number of aryl methyl sites for hydroxylation is 1. The number of aromatic nitrogens is 2. The Kier molecular flexibility index (Phi) is 6.99. The average Bonchev–Trinajstić information content (AvgIpc) is 3.47. The largest absolute Gasteiger partial charge is 0.349 e. The summed E-state index contributed by atoms with van der Waals surface area (Å²) >= 11 is 1.12. The van der Waals surface area contributed by atoms with Crippen molar-refractivity contribution in [3.05, 3.63) is 39.4 Å². The maximum atomic E-state index is 13.6. The molecule has 2 aromatic rings. The third kappa shape index (κ3) is 4.89. The van der Waals surface area contributed by atoms with E-state index in [1.807, 2.05) is 11.8 Å². The molecule has 0 spiro atoms. The van der Waals surface area contributed by atoms with Gasteiger partial charge in [0.2, 0.25) is 11.8 Å². The number of rotatable bonds is 7. The summed E-state index contributed by atoms with van der Waals surface area (Å²) in [4.78, 5) is 34.3. The van der Waals surface area contributed by atoms with Crippen molar-refractivity contribution in [2.75, 3.05) is 13.1 Å². The highest BCUT2D eigenvalue weighted by atomic mass is 32.1. The van der Waals surface area contributed by atoms with E-state index < -0.39 is 0 Å². The zero-order valence-electron chi connectivity index (χ0n) is 20.9. The van der Waals surface area contributed by atoms with Crippen molar-refractivity contribution >= 4 is 23.2 Å². The number of hydrogen-bond donors (Lipinski definition) is 1. The van der Waals surface area contributed by atoms with Crippen molar-refractivity contribution in [1.29, 1.82) is 0 Å². The number of nitrogens with zero attached hydrogens (tertiary/aromatic N) is 4. The van der Waals surface area contributed by atoms with E-state index in [0.717, 1.165) is 66.5 Å². The molecule has 7 nitrogen and oxygen atoms in total. The van der Waals surface area contributed by atoms with Gasteiger partial charge in [0.25, 0.3) is 0 Å². The van der Waals surface area contributed by atoms with Crippen LogP contribution in [0.4, 0.5) is 4.39 Å². The number of fused-ring (bicyclic) bond motifs is 3. The fourth-order valence-electron chi connectivity index (χ4n) is 6.61. The summed E-state index contributed by atoms with van der Waals surface area (Å²) < 4.78 is 16.1. The molecule has 5 heterocycles. The summed E-state index contributed by atoms with van der Waals surface area (Å²) in [6, 6.07) is 4.63. The summed E-state index contributed by atoms with van der Waals surface area (Å²) in [6.45, 7) is 7.87. The summed E-state index contributed by atoms with van der Waals surface area (Å²) in [5.74, 6) is 1.20. The second-order valence-electron chi connectivity index (χ2n) is 10.3. The summed E-state index contributed by atoms with van der Waals surface area (Å²) in [7, 11) is 0. The molecular formula is C26H36FN5O2S. The van der Waals surface area contributed by atoms with Crippen LogP contribution in [0.2, 0.25) is 0 Å². The topological polar surface area (TPSA) is 70.5 Å². The van der Waals surface area contributed by atoms with E-state index in [0.29, 0.717) is 31.1 Å². The second kappa shape index (κ2) is 10.0. The first-order valence-corrected chi connectivity index (χ1v) is 13.8. The van der Waals surface area contributed by atoms with Crippen LogP contribution in [0.3, 0.4) is 0 Å². The molecule has 0 aromatic carbocycles. The third-order valence-electron chi connectivity index (χ3n) is 8.10. The van der Waals surface area contributed by atoms with Crippen LogP contribution in [-0.2, 0) is 22.6 Å². The molecule has 9 heteroatoms. The molecule has 2 amide bonds. The molecule has 2 fully saturated rings. The average molecular weight is 502 g/mol. The van der Waals surface area contributed by atoms with E-state index in [1.165, 1.54) is 31.5 Å². The second-order valence-corrected chi connectivity index (χ2v) is 11.3. The highest BCUT2D eigenvalue weighted by molar-refractivity contribution is 7.10. The van der Waals surface area contributed by atoms with Crippen molar-refractivity contribution in [2.45, 2.75) is 96.4 Å². The van der Waals surface area contributed by atoms with Crippen molar-refractivity contribution in [2.24, 2.45) is 0 Å². The quantitative estimate of drug-likeness (QED) is 0.620. The number of imidazole rings is 1. The molecule has 1 N–H and O–H groups in total. The fourth-order valence-corrected chi connectivity index (χ4v) is 7.42. The van der Waals surface area contributed by atoms with Crippen LogP contribution in [0.5, 0.6) is 0 Å². The number of carbonyl (C=O) groups is 2. The van der Waals surface area contributed by atoms with E-state index in [1.54, 1.807) is 6.07 Å². The Morgan fingerprint density at radius 2 is 1.97 bits per heavy atom. The van der Waals surface area contributed by atoms with Crippen LogP contribution < -0.4 is 5.32 Å². The molecular weight excluding hydrogens is 465 g/mol. The zero-order chi connectivity index (χ0) is 24.7. The molecule has 2 bridgehead atoms. The zero-order valence-corrected chi connectivity index (χ0v) is 21.7. The highest BCUT2D eigenvalue weighted by Gasteiger charge is 2.42. The van der Waals surface area contributed by atoms with Crippen molar-refractivity contribution < 1.29 is 14.0 Å². The maximum absolute atomic E-state index is 13.6. The number of hydrogen-bond acceptors (Lipinski definition) is 5. The van der Waals surface area contributed by atoms with E-state index in [-0.39, 0.29) is 23.0 Å². The molecule has 0 unspecified atom stereocenters. The van der Waals surface area contributed by atoms with Gasteiger partial charge in [-0.15, -0.1) is 11.3 Å². The van der Waals surface area contributed by atoms with Gasteiger partial charge in [0.15, 0.2) is 5.13 Å². The molecule has 2 saturated heterocycles. The molecule has 3 aliphatic rings. The lowest BCUT2D eigenvalue weighted by Gasteiger charge is -2.41. The van der Waals surface area contributed by atoms with Gasteiger partial charge >= 0.3 is 0 Å². The number of nitrogens with one attached hydrogen (secondary N) is 1. The number of carbonyl (C=O) groups excluding carboxylic acids is 2. The fraction of sp³-hybridized carbons (Fsp3) is 0.654. The number of amides is 2. The first kappa shape index (κ1) is 24.4. The molecule has 3 aliphatic heterocycles. The Labute approximate surface area is 210 Å². The van der Waals surface area contributed by atoms with Crippen LogP contribution >= 0.6 is 11.3 Å². The van der Waals surface area contributed by atoms with Gasteiger partial charge in [0.05, 0.1) is 18.3 Å². The molecule has 0 aliphatic carbocycles. The van der Waals surface area contributed by atoms with Crippen LogP contribution in [0.1, 0.15) is 86.5 Å². The Hall–Kier alpha value is -2.26. The molecule has 35 heavy (non-hydrogen) atoms. The maximum Gasteiger partial charge on any atom is 0.222 e. The lowest BCUT2D eigenvalue weighted by atomic mass is 9.95. The minimum atomic E-state index is -0.211. The van der Waals surface area contributed by atoms with Crippen LogP contribution in [0.25, 0.3) is 0 Å². The van der Waals surface area contributed by atoms with Gasteiger partial charge in [-0.25, -0.2) is 4.98 Å². The number of piperidine rings is 1. The van der Waals surface area contributed by atoms with E-state index >= 15 is 0 Å². The molecule has 2 aromatic heterocycles. The highest BCUT2D eigenvalue weighted by Crippen LogP contribution is 2.43. The Morgan fingerprint density at radius 1 is 1.23 bits per heavy atom. The van der Waals surface area contributed by atoms with E-state index in [9.17, 15) is 14.0 Å². The van der Waals surface area contributed by atoms with Crippen LogP contribution in [-0.4, -0.2) is 56.3 Å². The Balaban J connectivity index is 1.26. The predicted molar refractivity (Wildman–Crippen MR) is 134 cm³/mol. The van der Waals surface area contributed by atoms with Gasteiger partial charge in [-0.1, -0.05) is 6.92 Å². The first-order valence-electron chi connectivity index (χ1n) is 13.0. The summed E-state index contributed by atoms with van der Waals surface area (Å²) in [6.07, 6.45) is 6.83. The summed E-state index contributed by atoms with van der Waals surface area (Å²) in [5, 5.41) is 2.81. The molecule has 4 atom stereocenters. The number of thiophene rings is 1. The van der Waals surface area contributed by atoms with Gasteiger partial charge < -0.3 is 14.8 Å². The van der Waals surface area contributed by atoms with Crippen LogP contribution in [0.15, 0.2) is 12.1 Å². The van der Waals surface area contributed by atoms with Crippen LogP contribution in [0, 0.1) is 12.1 Å². The Morgan fingerprint density at radius 3 is 2.60 bits per heavy atom. The van der Waals surface area contributed by atoms with Gasteiger partial charge in [0, 0.05) is 61.6 Å². The van der Waals surface area contributed by atoms with Gasteiger partial charge in [-0.3, -0.25) is 14.5 Å². The standard InChI is InChI=1S/C26H36FN5O2S/c1-4-26(34)30-11-10-23-22(15-30)28-16(2)32(23)20-13-18-5-6-19(14-20)31(18)12-9-21(29-17(3)33)24-7-8-25(27)35-24/h7-8,18-21H,4-6,9-15H2,1-3H3,(H,29,33)/t18-,19+,20+,21-/m0/s1.